The molecule has 0 unspecified atom stereocenters. The Balaban J connectivity index is 2.05. The minimum absolute atomic E-state index is 0.116. The van der Waals surface area contributed by atoms with Crippen molar-refractivity contribution < 1.29 is 5.11 Å². The number of halogens is 1. The average Bonchev–Trinajstić information content (AvgIpc) is 2.74. The molecule has 19 heavy (non-hydrogen) atoms. The quantitative estimate of drug-likeness (QED) is 0.911. The second kappa shape index (κ2) is 5.00. The van der Waals surface area contributed by atoms with Crippen molar-refractivity contribution in [3.8, 4) is 0 Å². The number of aliphatic imine (C=N–C) groups is 1. The maximum atomic E-state index is 11.3. The van der Waals surface area contributed by atoms with Crippen molar-refractivity contribution in [1.29, 1.82) is 0 Å². The first-order chi connectivity index (χ1) is 9.16. The van der Waals surface area contributed by atoms with Crippen molar-refractivity contribution in [3.05, 3.63) is 34.9 Å². The zero-order valence-corrected chi connectivity index (χ0v) is 12.4. The topological polar surface area (TPSA) is 35.8 Å². The molecule has 1 aromatic carbocycles. The lowest BCUT2D eigenvalue weighted by atomic mass is 9.95. The predicted octanol–water partition coefficient (Wildman–Crippen LogP) is 3.07. The third-order valence-electron chi connectivity index (χ3n) is 3.77. The Morgan fingerprint density at radius 3 is 2.89 bits per heavy atom. The fourth-order valence-electron chi connectivity index (χ4n) is 2.79. The normalized spacial score (nSPS) is 30.2. The Morgan fingerprint density at radius 1 is 1.47 bits per heavy atom. The molecule has 1 fully saturated rings. The summed E-state index contributed by atoms with van der Waals surface area (Å²) < 4.78 is 0. The number of amidine groups is 1. The second-order valence-electron chi connectivity index (χ2n) is 4.92. The fourth-order valence-corrected chi connectivity index (χ4v) is 4.29. The number of hydrogen-bond acceptors (Lipinski definition) is 4. The predicted molar refractivity (Wildman–Crippen MR) is 80.6 cm³/mol. The lowest BCUT2D eigenvalue weighted by molar-refractivity contribution is -0.0727. The molecule has 0 aromatic heterocycles. The van der Waals surface area contributed by atoms with Crippen LogP contribution in [0.4, 0.5) is 0 Å². The Hall–Kier alpha value is -0.710. The summed E-state index contributed by atoms with van der Waals surface area (Å²) in [5, 5.41) is 13.1. The van der Waals surface area contributed by atoms with Crippen LogP contribution in [0.2, 0.25) is 5.02 Å². The van der Waals surface area contributed by atoms with E-state index in [4.69, 9.17) is 11.6 Å². The summed E-state index contributed by atoms with van der Waals surface area (Å²) in [5.74, 6) is 0. The van der Waals surface area contributed by atoms with Gasteiger partial charge in [0, 0.05) is 23.7 Å². The van der Waals surface area contributed by atoms with Crippen molar-refractivity contribution in [2.24, 2.45) is 4.99 Å². The van der Waals surface area contributed by atoms with Gasteiger partial charge in [-0.2, -0.15) is 0 Å². The SMILES string of the molecule is CC[C@@H]1SC2=NCCCN2[C@@]1(O)c1ccc(Cl)cc1. The summed E-state index contributed by atoms with van der Waals surface area (Å²) in [6.07, 6.45) is 1.90. The molecule has 102 valence electrons. The molecule has 0 aliphatic carbocycles. The van der Waals surface area contributed by atoms with Crippen LogP contribution in [0.1, 0.15) is 25.3 Å². The first-order valence-corrected chi connectivity index (χ1v) is 7.89. The fraction of sp³-hybridized carbons (Fsp3) is 0.500. The Kier molecular flexibility index (Phi) is 3.50. The highest BCUT2D eigenvalue weighted by molar-refractivity contribution is 8.14. The van der Waals surface area contributed by atoms with E-state index in [2.05, 4.69) is 16.8 Å². The summed E-state index contributed by atoms with van der Waals surface area (Å²) in [5.41, 5.74) is -0.0492. The Morgan fingerprint density at radius 2 is 2.21 bits per heavy atom. The average molecular weight is 297 g/mol. The molecule has 0 spiro atoms. The molecule has 0 bridgehead atoms. The zero-order chi connectivity index (χ0) is 13.5. The van der Waals surface area contributed by atoms with Gasteiger partial charge in [0.05, 0.1) is 5.25 Å². The third-order valence-corrected chi connectivity index (χ3v) is 5.52. The molecule has 1 saturated heterocycles. The van der Waals surface area contributed by atoms with Crippen LogP contribution in [0.15, 0.2) is 29.3 Å². The molecule has 0 saturated carbocycles. The standard InChI is InChI=1S/C14H17ClN2OS/c1-2-12-14(18,10-4-6-11(15)7-5-10)17-9-3-8-16-13(17)19-12/h4-7,12,18H,2-3,8-9H2,1H3/t12-,14+/m0/s1. The smallest absolute Gasteiger partial charge is 0.178 e. The van der Waals surface area contributed by atoms with Gasteiger partial charge in [0.1, 0.15) is 0 Å². The number of nitrogens with zero attached hydrogens (tertiary/aromatic N) is 2. The molecule has 3 rings (SSSR count). The number of thioether (sulfide) groups is 1. The van der Waals surface area contributed by atoms with Gasteiger partial charge in [-0.1, -0.05) is 42.4 Å². The summed E-state index contributed by atoms with van der Waals surface area (Å²) in [6, 6.07) is 7.52. The number of hydrogen-bond donors (Lipinski definition) is 1. The van der Waals surface area contributed by atoms with E-state index in [0.29, 0.717) is 5.02 Å². The van der Waals surface area contributed by atoms with E-state index < -0.39 is 5.72 Å². The van der Waals surface area contributed by atoms with Crippen molar-refractivity contribution in [2.75, 3.05) is 13.1 Å². The van der Waals surface area contributed by atoms with Gasteiger partial charge >= 0.3 is 0 Å². The highest BCUT2D eigenvalue weighted by Gasteiger charge is 2.52. The largest absolute Gasteiger partial charge is 0.366 e. The van der Waals surface area contributed by atoms with Gasteiger partial charge in [0.15, 0.2) is 10.9 Å². The maximum absolute atomic E-state index is 11.3. The van der Waals surface area contributed by atoms with Crippen LogP contribution >= 0.6 is 23.4 Å². The molecule has 2 heterocycles. The molecular weight excluding hydrogens is 280 g/mol. The molecule has 0 radical (unpaired) electrons. The van der Waals surface area contributed by atoms with E-state index in [0.717, 1.165) is 36.7 Å². The van der Waals surface area contributed by atoms with Crippen LogP contribution in [-0.2, 0) is 5.72 Å². The number of fused-ring (bicyclic) bond motifs is 1. The lowest BCUT2D eigenvalue weighted by Crippen LogP contribution is -2.50. The maximum Gasteiger partial charge on any atom is 0.178 e. The molecular formula is C14H17ClN2OS. The number of benzene rings is 1. The first-order valence-electron chi connectivity index (χ1n) is 6.63. The second-order valence-corrected chi connectivity index (χ2v) is 6.52. The van der Waals surface area contributed by atoms with E-state index in [1.165, 1.54) is 0 Å². The van der Waals surface area contributed by atoms with E-state index in [9.17, 15) is 5.11 Å². The van der Waals surface area contributed by atoms with Crippen LogP contribution in [-0.4, -0.2) is 33.5 Å². The molecule has 1 N–H and O–H groups in total. The molecule has 2 aliphatic heterocycles. The van der Waals surface area contributed by atoms with Crippen LogP contribution in [0.5, 0.6) is 0 Å². The van der Waals surface area contributed by atoms with Gasteiger partial charge in [-0.25, -0.2) is 0 Å². The first kappa shape index (κ1) is 13.3. The minimum atomic E-state index is -0.955. The zero-order valence-electron chi connectivity index (χ0n) is 10.8. The Labute approximate surface area is 122 Å². The minimum Gasteiger partial charge on any atom is -0.366 e. The van der Waals surface area contributed by atoms with Crippen molar-refractivity contribution >= 4 is 28.5 Å². The third kappa shape index (κ3) is 2.06. The molecule has 5 heteroatoms. The van der Waals surface area contributed by atoms with E-state index in [-0.39, 0.29) is 5.25 Å². The van der Waals surface area contributed by atoms with Gasteiger partial charge in [-0.3, -0.25) is 4.99 Å². The van der Waals surface area contributed by atoms with E-state index >= 15 is 0 Å². The van der Waals surface area contributed by atoms with Crippen molar-refractivity contribution in [3.63, 3.8) is 0 Å². The Bertz CT molecular complexity index is 505. The van der Waals surface area contributed by atoms with Crippen molar-refractivity contribution in [2.45, 2.75) is 30.7 Å². The van der Waals surface area contributed by atoms with Crippen LogP contribution in [0.3, 0.4) is 0 Å². The van der Waals surface area contributed by atoms with Crippen LogP contribution < -0.4 is 0 Å². The van der Waals surface area contributed by atoms with Gasteiger partial charge in [-0.15, -0.1) is 0 Å². The number of rotatable bonds is 2. The highest BCUT2D eigenvalue weighted by Crippen LogP contribution is 2.47. The summed E-state index contributed by atoms with van der Waals surface area (Å²) in [4.78, 5) is 6.60. The van der Waals surface area contributed by atoms with Gasteiger partial charge in [0.2, 0.25) is 0 Å². The van der Waals surface area contributed by atoms with Gasteiger partial charge in [0.25, 0.3) is 0 Å². The summed E-state index contributed by atoms with van der Waals surface area (Å²) >= 11 is 7.64. The number of aliphatic hydroxyl groups is 1. The van der Waals surface area contributed by atoms with Crippen LogP contribution in [0.25, 0.3) is 0 Å². The van der Waals surface area contributed by atoms with Crippen molar-refractivity contribution in [1.82, 2.24) is 4.90 Å². The van der Waals surface area contributed by atoms with E-state index in [1.807, 2.05) is 24.3 Å². The van der Waals surface area contributed by atoms with Gasteiger partial charge < -0.3 is 10.0 Å². The summed E-state index contributed by atoms with van der Waals surface area (Å²) in [6.45, 7) is 3.84. The molecule has 2 aliphatic rings. The van der Waals surface area contributed by atoms with Gasteiger partial charge in [-0.05, 0) is 25.0 Å². The van der Waals surface area contributed by atoms with E-state index in [1.54, 1.807) is 11.8 Å². The molecule has 2 atom stereocenters. The summed E-state index contributed by atoms with van der Waals surface area (Å²) in [7, 11) is 0. The monoisotopic (exact) mass is 296 g/mol. The molecule has 3 nitrogen and oxygen atoms in total. The lowest BCUT2D eigenvalue weighted by Gasteiger charge is -2.38. The van der Waals surface area contributed by atoms with Crippen LogP contribution in [0, 0.1) is 0 Å². The molecule has 0 amide bonds. The molecule has 1 aromatic rings. The highest BCUT2D eigenvalue weighted by atomic mass is 35.5.